The highest BCUT2D eigenvalue weighted by Crippen LogP contribution is 2.22. The van der Waals surface area contributed by atoms with E-state index in [-0.39, 0.29) is 11.6 Å². The molecule has 2 rings (SSSR count). The van der Waals surface area contributed by atoms with Crippen LogP contribution in [0.15, 0.2) is 42.6 Å². The maximum Gasteiger partial charge on any atom is 0.353 e. The molecule has 0 aliphatic carbocycles. The van der Waals surface area contributed by atoms with Crippen molar-refractivity contribution in [2.45, 2.75) is 45.6 Å². The Morgan fingerprint density at radius 1 is 1.26 bits per heavy atom. The van der Waals surface area contributed by atoms with Gasteiger partial charge in [0.05, 0.1) is 17.3 Å². The Balaban J connectivity index is 2.20. The number of carbonyl (C=O) groups is 1. The maximum atomic E-state index is 12.1. The zero-order valence-electron chi connectivity index (χ0n) is 14.0. The molecule has 1 heterocycles. The first-order valence-electron chi connectivity index (χ1n) is 7.74. The van der Waals surface area contributed by atoms with Crippen molar-refractivity contribution in [3.05, 3.63) is 48.3 Å². The van der Waals surface area contributed by atoms with E-state index in [9.17, 15) is 4.79 Å². The Bertz CT molecular complexity index is 684. The molecule has 0 aliphatic rings. The highest BCUT2D eigenvalue weighted by Gasteiger charge is 2.28. The SMILES string of the molecule is CC[C@@H](C(=N)C(=O)OC(C)(C)C)c1ccn(-c2ccccc2)n1. The summed E-state index contributed by atoms with van der Waals surface area (Å²) in [4.78, 5) is 12.1. The van der Waals surface area contributed by atoms with Gasteiger partial charge in [0.25, 0.3) is 0 Å². The van der Waals surface area contributed by atoms with Crippen molar-refractivity contribution in [2.75, 3.05) is 0 Å². The quantitative estimate of drug-likeness (QED) is 0.675. The van der Waals surface area contributed by atoms with Gasteiger partial charge in [-0.2, -0.15) is 5.10 Å². The summed E-state index contributed by atoms with van der Waals surface area (Å²) < 4.78 is 7.05. The highest BCUT2D eigenvalue weighted by atomic mass is 16.6. The van der Waals surface area contributed by atoms with Gasteiger partial charge in [-0.3, -0.25) is 5.41 Å². The summed E-state index contributed by atoms with van der Waals surface area (Å²) in [6.45, 7) is 7.32. The fourth-order valence-corrected chi connectivity index (χ4v) is 2.28. The summed E-state index contributed by atoms with van der Waals surface area (Å²) in [5.41, 5.74) is 0.982. The van der Waals surface area contributed by atoms with E-state index in [2.05, 4.69) is 5.10 Å². The monoisotopic (exact) mass is 313 g/mol. The van der Waals surface area contributed by atoms with E-state index in [1.54, 1.807) is 25.5 Å². The summed E-state index contributed by atoms with van der Waals surface area (Å²) in [5, 5.41) is 12.7. The standard InChI is InChI=1S/C18H23N3O2/c1-5-14(16(19)17(22)23-18(2,3)4)15-11-12-21(20-15)13-9-7-6-8-10-13/h6-12,14,19H,5H2,1-4H3/t14-/m1/s1. The average Bonchev–Trinajstić information content (AvgIpc) is 2.97. The van der Waals surface area contributed by atoms with Crippen molar-refractivity contribution in [1.82, 2.24) is 9.78 Å². The van der Waals surface area contributed by atoms with E-state index in [4.69, 9.17) is 10.1 Å². The number of nitrogens with zero attached hydrogens (tertiary/aromatic N) is 2. The fourth-order valence-electron chi connectivity index (χ4n) is 2.28. The van der Waals surface area contributed by atoms with Gasteiger partial charge in [-0.15, -0.1) is 0 Å². The number of carbonyl (C=O) groups excluding carboxylic acids is 1. The van der Waals surface area contributed by atoms with Crippen LogP contribution in [0.3, 0.4) is 0 Å². The lowest BCUT2D eigenvalue weighted by Crippen LogP contribution is -2.31. The largest absolute Gasteiger partial charge is 0.455 e. The Morgan fingerprint density at radius 3 is 2.48 bits per heavy atom. The van der Waals surface area contributed by atoms with E-state index in [1.165, 1.54) is 0 Å². The number of rotatable bonds is 5. The maximum absolute atomic E-state index is 12.1. The lowest BCUT2D eigenvalue weighted by molar-refractivity contribution is -0.146. The predicted molar refractivity (Wildman–Crippen MR) is 90.2 cm³/mol. The van der Waals surface area contributed by atoms with E-state index >= 15 is 0 Å². The minimum absolute atomic E-state index is 0.0549. The third kappa shape index (κ3) is 4.28. The number of para-hydroxylation sites is 1. The molecule has 1 N–H and O–H groups in total. The topological polar surface area (TPSA) is 68.0 Å². The molecule has 0 fully saturated rings. The third-order valence-electron chi connectivity index (χ3n) is 3.36. The molecule has 0 amide bonds. The molecule has 0 saturated carbocycles. The number of nitrogens with one attached hydrogen (secondary N) is 1. The zero-order valence-corrected chi connectivity index (χ0v) is 14.0. The molecular weight excluding hydrogens is 290 g/mol. The van der Waals surface area contributed by atoms with Crippen molar-refractivity contribution in [2.24, 2.45) is 0 Å². The van der Waals surface area contributed by atoms with Crippen LogP contribution in [0.1, 0.15) is 45.7 Å². The minimum Gasteiger partial charge on any atom is -0.455 e. The van der Waals surface area contributed by atoms with Crippen LogP contribution in [0.4, 0.5) is 0 Å². The second-order valence-electron chi connectivity index (χ2n) is 6.40. The minimum atomic E-state index is -0.606. The predicted octanol–water partition coefficient (Wildman–Crippen LogP) is 3.73. The number of ether oxygens (including phenoxy) is 1. The zero-order chi connectivity index (χ0) is 17.0. The normalized spacial score (nSPS) is 12.7. The molecule has 1 aromatic carbocycles. The highest BCUT2D eigenvalue weighted by molar-refractivity contribution is 6.37. The van der Waals surface area contributed by atoms with Gasteiger partial charge < -0.3 is 4.74 Å². The van der Waals surface area contributed by atoms with Gasteiger partial charge in [0.1, 0.15) is 11.3 Å². The van der Waals surface area contributed by atoms with Crippen molar-refractivity contribution in [3.8, 4) is 5.69 Å². The van der Waals surface area contributed by atoms with Crippen LogP contribution in [0.2, 0.25) is 0 Å². The van der Waals surface area contributed by atoms with Crippen LogP contribution in [0.25, 0.3) is 5.69 Å². The Hall–Kier alpha value is -2.43. The van der Waals surface area contributed by atoms with E-state index in [0.717, 1.165) is 5.69 Å². The molecule has 5 heteroatoms. The fraction of sp³-hybridized carbons (Fsp3) is 0.389. The number of aromatic nitrogens is 2. The number of esters is 1. The molecule has 0 radical (unpaired) electrons. The van der Waals surface area contributed by atoms with E-state index in [0.29, 0.717) is 12.1 Å². The van der Waals surface area contributed by atoms with Gasteiger partial charge in [-0.05, 0) is 45.4 Å². The van der Waals surface area contributed by atoms with Gasteiger partial charge in [-0.25, -0.2) is 9.48 Å². The molecule has 0 aliphatic heterocycles. The van der Waals surface area contributed by atoms with Crippen molar-refractivity contribution in [1.29, 1.82) is 5.41 Å². The summed E-state index contributed by atoms with van der Waals surface area (Å²) >= 11 is 0. The van der Waals surface area contributed by atoms with Crippen molar-refractivity contribution in [3.63, 3.8) is 0 Å². The van der Waals surface area contributed by atoms with Gasteiger partial charge in [0.15, 0.2) is 0 Å². The summed E-state index contributed by atoms with van der Waals surface area (Å²) in [5.74, 6) is -0.951. The summed E-state index contributed by atoms with van der Waals surface area (Å²) in [7, 11) is 0. The van der Waals surface area contributed by atoms with Crippen LogP contribution in [0, 0.1) is 5.41 Å². The van der Waals surface area contributed by atoms with Gasteiger partial charge in [-0.1, -0.05) is 25.1 Å². The van der Waals surface area contributed by atoms with Gasteiger partial charge >= 0.3 is 5.97 Å². The molecule has 0 unspecified atom stereocenters. The molecule has 1 atom stereocenters. The molecule has 2 aromatic rings. The number of benzene rings is 1. The average molecular weight is 313 g/mol. The van der Waals surface area contributed by atoms with Crippen LogP contribution in [0.5, 0.6) is 0 Å². The first-order chi connectivity index (χ1) is 10.8. The molecule has 5 nitrogen and oxygen atoms in total. The Labute approximate surface area is 136 Å². The van der Waals surface area contributed by atoms with Crippen molar-refractivity contribution < 1.29 is 9.53 Å². The second kappa shape index (κ2) is 6.77. The van der Waals surface area contributed by atoms with E-state index in [1.807, 2.05) is 49.5 Å². The molecule has 0 saturated heterocycles. The summed E-state index contributed by atoms with van der Waals surface area (Å²) in [6, 6.07) is 11.6. The number of hydrogen-bond acceptors (Lipinski definition) is 4. The van der Waals surface area contributed by atoms with Gasteiger partial charge in [0.2, 0.25) is 0 Å². The van der Waals surface area contributed by atoms with Crippen LogP contribution in [-0.4, -0.2) is 27.1 Å². The van der Waals surface area contributed by atoms with Crippen LogP contribution >= 0.6 is 0 Å². The first kappa shape index (κ1) is 16.9. The summed E-state index contributed by atoms with van der Waals surface area (Å²) in [6.07, 6.45) is 2.46. The second-order valence-corrected chi connectivity index (χ2v) is 6.40. The molecule has 1 aromatic heterocycles. The molecule has 0 spiro atoms. The third-order valence-corrected chi connectivity index (χ3v) is 3.36. The van der Waals surface area contributed by atoms with E-state index < -0.39 is 11.6 Å². The lowest BCUT2D eigenvalue weighted by Gasteiger charge is -2.21. The number of hydrogen-bond donors (Lipinski definition) is 1. The Morgan fingerprint density at radius 2 is 1.91 bits per heavy atom. The smallest absolute Gasteiger partial charge is 0.353 e. The molecular formula is C18H23N3O2. The Kier molecular flexibility index (Phi) is 4.98. The van der Waals surface area contributed by atoms with Crippen LogP contribution in [-0.2, 0) is 9.53 Å². The molecule has 122 valence electrons. The first-order valence-corrected chi connectivity index (χ1v) is 7.74. The van der Waals surface area contributed by atoms with Gasteiger partial charge in [0, 0.05) is 6.20 Å². The molecule has 0 bridgehead atoms. The lowest BCUT2D eigenvalue weighted by atomic mass is 9.96. The van der Waals surface area contributed by atoms with Crippen molar-refractivity contribution >= 4 is 11.7 Å². The van der Waals surface area contributed by atoms with Crippen LogP contribution < -0.4 is 0 Å². The molecule has 23 heavy (non-hydrogen) atoms.